The first-order valence-corrected chi connectivity index (χ1v) is 9.12. The van der Waals surface area contributed by atoms with E-state index in [0.717, 1.165) is 44.0 Å². The largest absolute Gasteiger partial charge is 0.490 e. The topological polar surface area (TPSA) is 102 Å². The Morgan fingerprint density at radius 1 is 1.31 bits per heavy atom. The lowest BCUT2D eigenvalue weighted by atomic mass is 10.0. The van der Waals surface area contributed by atoms with Crippen LogP contribution in [-0.4, -0.2) is 57.6 Å². The first-order valence-electron chi connectivity index (χ1n) is 9.12. The third-order valence-corrected chi connectivity index (χ3v) is 4.78. The van der Waals surface area contributed by atoms with E-state index in [2.05, 4.69) is 21.1 Å². The van der Waals surface area contributed by atoms with Gasteiger partial charge in [0.05, 0.1) is 25.2 Å². The first kappa shape index (κ1) is 21.3. The van der Waals surface area contributed by atoms with Gasteiger partial charge in [-0.05, 0) is 32.4 Å². The Labute approximate surface area is 164 Å². The van der Waals surface area contributed by atoms with Crippen molar-refractivity contribution in [3.63, 3.8) is 0 Å². The fourth-order valence-electron chi connectivity index (χ4n) is 3.62. The second kappa shape index (κ2) is 8.54. The Morgan fingerprint density at radius 2 is 2.03 bits per heavy atom. The zero-order chi connectivity index (χ0) is 21.2. The lowest BCUT2D eigenvalue weighted by molar-refractivity contribution is -0.192. The lowest BCUT2D eigenvalue weighted by Crippen LogP contribution is -2.25. The molecule has 0 radical (unpaired) electrons. The minimum Gasteiger partial charge on any atom is -0.475 e. The van der Waals surface area contributed by atoms with Crippen molar-refractivity contribution in [2.75, 3.05) is 13.1 Å². The third-order valence-electron chi connectivity index (χ3n) is 4.78. The van der Waals surface area contributed by atoms with Crippen molar-refractivity contribution in [2.24, 2.45) is 5.92 Å². The van der Waals surface area contributed by atoms with Gasteiger partial charge in [-0.15, -0.1) is 0 Å². The molecule has 1 N–H and O–H groups in total. The molecule has 0 aliphatic carbocycles. The van der Waals surface area contributed by atoms with E-state index in [1.165, 1.54) is 0 Å². The van der Waals surface area contributed by atoms with Crippen LogP contribution >= 0.6 is 0 Å². The molecule has 4 heterocycles. The number of furan rings is 1. The minimum atomic E-state index is -5.08. The standard InChI is InChI=1S/C16H21N3O3.C2HF3O2/c1-10-3-4-13(20-10)8-19-7-12-5-14(21-15(12)9-19)6-16-17-11(2)18-22-16;3-2(4,5)1(6)7/h3-4,12,14-15H,5-9H2,1-2H3;(H,6,7)/t12-,14-,15+;/m0./s1. The highest BCUT2D eigenvalue weighted by Crippen LogP contribution is 2.34. The van der Waals surface area contributed by atoms with Crippen LogP contribution in [0.15, 0.2) is 21.1 Å². The van der Waals surface area contributed by atoms with E-state index in [1.807, 2.05) is 19.9 Å². The summed E-state index contributed by atoms with van der Waals surface area (Å²) in [5.41, 5.74) is 0. The molecule has 3 atom stereocenters. The number of carboxylic acids is 1. The Bertz CT molecular complexity index is 767. The molecule has 2 saturated heterocycles. The Morgan fingerprint density at radius 3 is 2.55 bits per heavy atom. The molecule has 0 saturated carbocycles. The number of aromatic nitrogens is 2. The van der Waals surface area contributed by atoms with Crippen molar-refractivity contribution in [3.05, 3.63) is 35.4 Å². The molecule has 2 fully saturated rings. The molecule has 8 nitrogen and oxygen atoms in total. The molecule has 29 heavy (non-hydrogen) atoms. The summed E-state index contributed by atoms with van der Waals surface area (Å²) in [6.07, 6.45) is -2.75. The van der Waals surface area contributed by atoms with Crippen LogP contribution < -0.4 is 0 Å². The van der Waals surface area contributed by atoms with Gasteiger partial charge in [-0.25, -0.2) is 4.79 Å². The van der Waals surface area contributed by atoms with E-state index in [1.54, 1.807) is 0 Å². The molecule has 160 valence electrons. The highest BCUT2D eigenvalue weighted by Gasteiger charge is 2.42. The average molecular weight is 417 g/mol. The highest BCUT2D eigenvalue weighted by atomic mass is 19.4. The number of likely N-dealkylation sites (tertiary alicyclic amines) is 1. The molecule has 0 aromatic carbocycles. The summed E-state index contributed by atoms with van der Waals surface area (Å²) in [6.45, 7) is 6.74. The average Bonchev–Trinajstić information content (AvgIpc) is 3.34. The van der Waals surface area contributed by atoms with Crippen LogP contribution in [0.3, 0.4) is 0 Å². The smallest absolute Gasteiger partial charge is 0.475 e. The predicted molar refractivity (Wildman–Crippen MR) is 91.9 cm³/mol. The Balaban J connectivity index is 0.000000298. The number of aliphatic carboxylic acids is 1. The summed E-state index contributed by atoms with van der Waals surface area (Å²) < 4.78 is 48.8. The number of nitrogens with zero attached hydrogens (tertiary/aromatic N) is 3. The van der Waals surface area contributed by atoms with Gasteiger partial charge in [0.15, 0.2) is 5.82 Å². The van der Waals surface area contributed by atoms with Crippen LogP contribution in [0.5, 0.6) is 0 Å². The minimum absolute atomic E-state index is 0.211. The van der Waals surface area contributed by atoms with Gasteiger partial charge in [-0.2, -0.15) is 18.2 Å². The Hall–Kier alpha value is -2.40. The van der Waals surface area contributed by atoms with Gasteiger partial charge in [0.1, 0.15) is 11.5 Å². The number of hydrogen-bond donors (Lipinski definition) is 1. The SMILES string of the molecule is Cc1noc(C[C@@H]2C[C@H]3CN(Cc4ccc(C)o4)C[C@H]3O2)n1.O=C(O)C(F)(F)F. The van der Waals surface area contributed by atoms with E-state index < -0.39 is 12.1 Å². The van der Waals surface area contributed by atoms with E-state index >= 15 is 0 Å². The molecule has 2 aliphatic rings. The van der Waals surface area contributed by atoms with Crippen LogP contribution in [0, 0.1) is 19.8 Å². The molecule has 11 heteroatoms. The van der Waals surface area contributed by atoms with Crippen LogP contribution in [0.1, 0.15) is 29.7 Å². The number of fused-ring (bicyclic) bond motifs is 1. The van der Waals surface area contributed by atoms with Crippen molar-refractivity contribution in [2.45, 2.75) is 51.6 Å². The summed E-state index contributed by atoms with van der Waals surface area (Å²) in [4.78, 5) is 15.6. The molecular formula is C18H22F3N3O5. The number of aryl methyl sites for hydroxylation is 2. The van der Waals surface area contributed by atoms with Gasteiger partial charge >= 0.3 is 12.1 Å². The number of hydrogen-bond acceptors (Lipinski definition) is 7. The van der Waals surface area contributed by atoms with Crippen molar-refractivity contribution in [1.82, 2.24) is 15.0 Å². The number of halogens is 3. The van der Waals surface area contributed by atoms with E-state index in [4.69, 9.17) is 23.6 Å². The number of alkyl halides is 3. The van der Waals surface area contributed by atoms with Gasteiger partial charge < -0.3 is 18.8 Å². The summed E-state index contributed by atoms with van der Waals surface area (Å²) in [5.74, 6) is 1.23. The normalized spacial score (nSPS) is 24.2. The molecule has 2 aliphatic heterocycles. The van der Waals surface area contributed by atoms with Crippen molar-refractivity contribution < 1.29 is 36.7 Å². The van der Waals surface area contributed by atoms with Crippen LogP contribution in [0.25, 0.3) is 0 Å². The predicted octanol–water partition coefficient (Wildman–Crippen LogP) is 2.74. The maximum absolute atomic E-state index is 10.6. The summed E-state index contributed by atoms with van der Waals surface area (Å²) in [5, 5.41) is 11.0. The molecular weight excluding hydrogens is 395 g/mol. The number of ether oxygens (including phenoxy) is 1. The highest BCUT2D eigenvalue weighted by molar-refractivity contribution is 5.73. The van der Waals surface area contributed by atoms with Gasteiger partial charge in [0, 0.05) is 19.0 Å². The van der Waals surface area contributed by atoms with Crippen molar-refractivity contribution in [1.29, 1.82) is 0 Å². The maximum atomic E-state index is 10.6. The molecule has 0 unspecified atom stereocenters. The molecule has 0 amide bonds. The molecule has 4 rings (SSSR count). The summed E-state index contributed by atoms with van der Waals surface area (Å²) in [6, 6.07) is 4.08. The van der Waals surface area contributed by atoms with E-state index in [9.17, 15) is 13.2 Å². The quantitative estimate of drug-likeness (QED) is 0.810. The summed E-state index contributed by atoms with van der Waals surface area (Å²) in [7, 11) is 0. The van der Waals surface area contributed by atoms with Gasteiger partial charge in [-0.3, -0.25) is 4.90 Å². The van der Waals surface area contributed by atoms with Crippen LogP contribution in [0.4, 0.5) is 13.2 Å². The van der Waals surface area contributed by atoms with Crippen molar-refractivity contribution in [3.8, 4) is 0 Å². The maximum Gasteiger partial charge on any atom is 0.490 e. The Kier molecular flexibility index (Phi) is 6.27. The number of carbonyl (C=O) groups is 1. The number of carboxylic acid groups (broad SMARTS) is 1. The second-order valence-corrected chi connectivity index (χ2v) is 7.24. The van der Waals surface area contributed by atoms with E-state index in [0.29, 0.717) is 23.7 Å². The molecule has 2 aromatic rings. The molecule has 0 bridgehead atoms. The van der Waals surface area contributed by atoms with Gasteiger partial charge in [0.2, 0.25) is 5.89 Å². The lowest BCUT2D eigenvalue weighted by Gasteiger charge is -2.17. The van der Waals surface area contributed by atoms with Gasteiger partial charge in [0.25, 0.3) is 0 Å². The fourth-order valence-corrected chi connectivity index (χ4v) is 3.62. The first-order chi connectivity index (χ1) is 13.6. The zero-order valence-electron chi connectivity index (χ0n) is 16.0. The monoisotopic (exact) mass is 417 g/mol. The molecule has 0 spiro atoms. The van der Waals surface area contributed by atoms with Crippen molar-refractivity contribution >= 4 is 5.97 Å². The summed E-state index contributed by atoms with van der Waals surface area (Å²) >= 11 is 0. The third kappa shape index (κ3) is 5.80. The second-order valence-electron chi connectivity index (χ2n) is 7.24. The fraction of sp³-hybridized carbons (Fsp3) is 0.611. The zero-order valence-corrected chi connectivity index (χ0v) is 16.0. The van der Waals surface area contributed by atoms with E-state index in [-0.39, 0.29) is 6.10 Å². The number of rotatable bonds is 4. The van der Waals surface area contributed by atoms with Crippen LogP contribution in [0.2, 0.25) is 0 Å². The van der Waals surface area contributed by atoms with Crippen LogP contribution in [-0.2, 0) is 22.5 Å². The molecule has 2 aromatic heterocycles. The van der Waals surface area contributed by atoms with Gasteiger partial charge in [-0.1, -0.05) is 5.16 Å².